The summed E-state index contributed by atoms with van der Waals surface area (Å²) in [4.78, 5) is 15.0. The molecule has 5 aliphatic rings. The highest BCUT2D eigenvalue weighted by atomic mass is 16.4. The van der Waals surface area contributed by atoms with Gasteiger partial charge in [0.2, 0.25) is 0 Å². The number of carboxylic acids is 1. The number of hydrogen-bond acceptors (Lipinski definition) is 3. The maximum atomic E-state index is 12.3. The number of rotatable bonds is 2. The second-order valence-corrected chi connectivity index (χ2v) is 9.41. The van der Waals surface area contributed by atoms with E-state index in [1.165, 1.54) is 58.0 Å². The van der Waals surface area contributed by atoms with Crippen LogP contribution in [-0.2, 0) is 4.79 Å². The molecule has 7 atom stereocenters. The molecule has 1 spiro atoms. The minimum Gasteiger partial charge on any atom is -0.481 e. The van der Waals surface area contributed by atoms with Crippen molar-refractivity contribution in [3.05, 3.63) is 0 Å². The van der Waals surface area contributed by atoms with Crippen molar-refractivity contribution < 1.29 is 9.90 Å². The Balaban J connectivity index is 1.66. The molecule has 0 bridgehead atoms. The van der Waals surface area contributed by atoms with Crippen LogP contribution < -0.4 is 5.32 Å². The van der Waals surface area contributed by atoms with Crippen molar-refractivity contribution in [2.24, 2.45) is 22.7 Å². The van der Waals surface area contributed by atoms with Crippen LogP contribution in [0, 0.1) is 22.7 Å². The van der Waals surface area contributed by atoms with Gasteiger partial charge in [-0.05, 0) is 69.4 Å². The maximum Gasteiger partial charge on any atom is 0.308 e. The average Bonchev–Trinajstić information content (AvgIpc) is 3.15. The van der Waals surface area contributed by atoms with Gasteiger partial charge in [-0.15, -0.1) is 0 Å². The molecular weight excluding hydrogens is 300 g/mol. The first-order chi connectivity index (χ1) is 11.6. The minimum absolute atomic E-state index is 0.176. The van der Waals surface area contributed by atoms with Crippen LogP contribution in [0.4, 0.5) is 0 Å². The van der Waals surface area contributed by atoms with Gasteiger partial charge < -0.3 is 10.4 Å². The zero-order valence-corrected chi connectivity index (χ0v) is 15.0. The summed E-state index contributed by atoms with van der Waals surface area (Å²) < 4.78 is 0. The van der Waals surface area contributed by atoms with E-state index in [-0.39, 0.29) is 22.8 Å². The standard InChI is InChI=1S/C20H32N2O2/c1-2-19-8-5-10-22-11-9-20(18(19)22)14-6-3-4-7-15(14)21-16(20)13(12-19)17(23)24/h13-16,18,21H,2-12H2,1H3,(H,23,24)/t13-,14?,15?,16-,18-,19-,20-/m0/s1. The fourth-order valence-corrected chi connectivity index (χ4v) is 8.22. The van der Waals surface area contributed by atoms with E-state index in [0.29, 0.717) is 12.1 Å². The van der Waals surface area contributed by atoms with Gasteiger partial charge >= 0.3 is 5.97 Å². The van der Waals surface area contributed by atoms with Crippen LogP contribution in [0.5, 0.6) is 0 Å². The number of fused-ring (bicyclic) bond motifs is 1. The highest BCUT2D eigenvalue weighted by molar-refractivity contribution is 5.72. The summed E-state index contributed by atoms with van der Waals surface area (Å²) in [5.74, 6) is 0.00287. The summed E-state index contributed by atoms with van der Waals surface area (Å²) in [6.45, 7) is 4.78. The van der Waals surface area contributed by atoms with Crippen LogP contribution >= 0.6 is 0 Å². The van der Waals surface area contributed by atoms with Crippen LogP contribution in [0.25, 0.3) is 0 Å². The first-order valence-corrected chi connectivity index (χ1v) is 10.4. The first kappa shape index (κ1) is 15.6. The van der Waals surface area contributed by atoms with Crippen LogP contribution in [0.3, 0.4) is 0 Å². The van der Waals surface area contributed by atoms with E-state index in [4.69, 9.17) is 0 Å². The Labute approximate surface area is 145 Å². The highest BCUT2D eigenvalue weighted by Crippen LogP contribution is 2.67. The normalized spacial score (nSPS) is 53.3. The van der Waals surface area contributed by atoms with E-state index >= 15 is 0 Å². The third-order valence-corrected chi connectivity index (χ3v) is 8.89. The highest BCUT2D eigenvalue weighted by Gasteiger charge is 2.72. The number of hydrogen-bond donors (Lipinski definition) is 2. The molecular formula is C20H32N2O2. The van der Waals surface area contributed by atoms with Crippen molar-refractivity contribution in [2.45, 2.75) is 82.8 Å². The van der Waals surface area contributed by atoms with E-state index in [2.05, 4.69) is 17.1 Å². The molecule has 4 nitrogen and oxygen atoms in total. The lowest BCUT2D eigenvalue weighted by molar-refractivity contribution is -0.157. The molecule has 3 saturated heterocycles. The van der Waals surface area contributed by atoms with Crippen molar-refractivity contribution in [1.29, 1.82) is 0 Å². The molecule has 0 radical (unpaired) electrons. The molecule has 0 aromatic heterocycles. The lowest BCUT2D eigenvalue weighted by atomic mass is 9.47. The SMILES string of the molecule is CC[C@]12CCCN3CC[C@@]4(C5CCCCC5N[C@H]4[C@@H](C(=O)O)C1)[C@@H]32. The summed E-state index contributed by atoms with van der Waals surface area (Å²) >= 11 is 0. The molecule has 5 fully saturated rings. The fourth-order valence-electron chi connectivity index (χ4n) is 8.22. The summed E-state index contributed by atoms with van der Waals surface area (Å²) in [5, 5.41) is 14.0. The average molecular weight is 332 g/mol. The van der Waals surface area contributed by atoms with Crippen LogP contribution in [0.2, 0.25) is 0 Å². The predicted octanol–water partition coefficient (Wildman–Crippen LogP) is 2.87. The second kappa shape index (κ2) is 5.20. The predicted molar refractivity (Wildman–Crippen MR) is 92.8 cm³/mol. The third kappa shape index (κ3) is 1.74. The van der Waals surface area contributed by atoms with Gasteiger partial charge in [-0.1, -0.05) is 19.8 Å². The molecule has 2 aliphatic carbocycles. The van der Waals surface area contributed by atoms with Crippen LogP contribution in [0.1, 0.15) is 64.7 Å². The molecule has 0 aromatic carbocycles. The van der Waals surface area contributed by atoms with Crippen molar-refractivity contribution in [1.82, 2.24) is 10.2 Å². The zero-order valence-electron chi connectivity index (χ0n) is 15.0. The molecule has 4 heteroatoms. The quantitative estimate of drug-likeness (QED) is 0.816. The Bertz CT molecular complexity index is 552. The molecule has 0 amide bonds. The maximum absolute atomic E-state index is 12.3. The van der Waals surface area contributed by atoms with Crippen molar-refractivity contribution in [2.75, 3.05) is 13.1 Å². The van der Waals surface area contributed by atoms with Crippen molar-refractivity contribution in [3.8, 4) is 0 Å². The van der Waals surface area contributed by atoms with Gasteiger partial charge in [-0.3, -0.25) is 9.69 Å². The van der Waals surface area contributed by atoms with Crippen molar-refractivity contribution >= 4 is 5.97 Å². The van der Waals surface area contributed by atoms with Crippen LogP contribution in [-0.4, -0.2) is 47.2 Å². The molecule has 2 saturated carbocycles. The van der Waals surface area contributed by atoms with E-state index in [9.17, 15) is 9.90 Å². The van der Waals surface area contributed by atoms with E-state index in [1.807, 2.05) is 0 Å². The number of carboxylic acid groups (broad SMARTS) is 1. The Morgan fingerprint density at radius 3 is 2.83 bits per heavy atom. The topological polar surface area (TPSA) is 52.6 Å². The monoisotopic (exact) mass is 332 g/mol. The van der Waals surface area contributed by atoms with Crippen LogP contribution in [0.15, 0.2) is 0 Å². The zero-order chi connectivity index (χ0) is 16.5. The summed E-state index contributed by atoms with van der Waals surface area (Å²) in [6, 6.07) is 1.45. The molecule has 5 rings (SSSR count). The summed E-state index contributed by atoms with van der Waals surface area (Å²) in [7, 11) is 0. The number of carbonyl (C=O) groups is 1. The Kier molecular flexibility index (Phi) is 3.39. The van der Waals surface area contributed by atoms with Crippen molar-refractivity contribution in [3.63, 3.8) is 0 Å². The summed E-state index contributed by atoms with van der Waals surface area (Å²) in [6.07, 6.45) is 11.1. The van der Waals surface area contributed by atoms with Gasteiger partial charge in [0.25, 0.3) is 0 Å². The molecule has 3 aliphatic heterocycles. The Morgan fingerprint density at radius 1 is 1.21 bits per heavy atom. The van der Waals surface area contributed by atoms with Gasteiger partial charge in [0.05, 0.1) is 5.92 Å². The minimum atomic E-state index is -0.541. The lowest BCUT2D eigenvalue weighted by Crippen LogP contribution is -2.66. The number of piperidine rings is 1. The molecule has 2 unspecified atom stereocenters. The molecule has 0 aromatic rings. The molecule has 2 N–H and O–H groups in total. The smallest absolute Gasteiger partial charge is 0.308 e. The lowest BCUT2D eigenvalue weighted by Gasteiger charge is -2.61. The van der Waals surface area contributed by atoms with E-state index in [0.717, 1.165) is 18.8 Å². The van der Waals surface area contributed by atoms with E-state index in [1.54, 1.807) is 0 Å². The Hall–Kier alpha value is -0.610. The number of aliphatic carboxylic acids is 1. The number of nitrogens with zero attached hydrogens (tertiary/aromatic N) is 1. The molecule has 24 heavy (non-hydrogen) atoms. The first-order valence-electron chi connectivity index (χ1n) is 10.4. The van der Waals surface area contributed by atoms with Gasteiger partial charge in [0, 0.05) is 23.5 Å². The second-order valence-electron chi connectivity index (χ2n) is 9.41. The molecule has 3 heterocycles. The number of nitrogens with one attached hydrogen (secondary N) is 1. The largest absolute Gasteiger partial charge is 0.481 e. The molecule has 134 valence electrons. The van der Waals surface area contributed by atoms with Gasteiger partial charge in [-0.25, -0.2) is 0 Å². The van der Waals surface area contributed by atoms with E-state index < -0.39 is 5.97 Å². The Morgan fingerprint density at radius 2 is 2.04 bits per heavy atom. The summed E-state index contributed by atoms with van der Waals surface area (Å²) in [5.41, 5.74) is 0.491. The third-order valence-electron chi connectivity index (χ3n) is 8.89. The van der Waals surface area contributed by atoms with Gasteiger partial charge in [0.15, 0.2) is 0 Å². The fraction of sp³-hybridized carbons (Fsp3) is 0.950. The van der Waals surface area contributed by atoms with Gasteiger partial charge in [0.1, 0.15) is 0 Å². The van der Waals surface area contributed by atoms with Gasteiger partial charge in [-0.2, -0.15) is 0 Å².